The van der Waals surface area contributed by atoms with Gasteiger partial charge in [-0.05, 0) is 30.9 Å². The van der Waals surface area contributed by atoms with Crippen molar-refractivity contribution in [3.8, 4) is 0 Å². The van der Waals surface area contributed by atoms with Gasteiger partial charge in [0.05, 0.1) is 24.3 Å². The highest BCUT2D eigenvalue weighted by Crippen LogP contribution is 2.40. The Balaban J connectivity index is 1.70. The molecule has 1 aromatic carbocycles. The third-order valence-corrected chi connectivity index (χ3v) is 4.50. The Kier molecular flexibility index (Phi) is 2.77. The van der Waals surface area contributed by atoms with Gasteiger partial charge in [0.2, 0.25) is 0 Å². The molecule has 4 rings (SSSR count). The molecule has 2 aromatic rings. The van der Waals surface area contributed by atoms with Gasteiger partial charge in [-0.15, -0.1) is 0 Å². The number of benzene rings is 1. The van der Waals surface area contributed by atoms with Crippen molar-refractivity contribution in [3.05, 3.63) is 48.0 Å². The molecular weight excluding hydrogens is 248 g/mol. The van der Waals surface area contributed by atoms with E-state index in [1.165, 1.54) is 29.8 Å². The van der Waals surface area contributed by atoms with Crippen molar-refractivity contribution in [3.63, 3.8) is 0 Å². The molecule has 0 amide bonds. The Morgan fingerprint density at radius 1 is 1.30 bits per heavy atom. The second kappa shape index (κ2) is 4.63. The van der Waals surface area contributed by atoms with E-state index in [0.717, 1.165) is 13.0 Å². The lowest BCUT2D eigenvalue weighted by Crippen LogP contribution is -2.33. The van der Waals surface area contributed by atoms with Crippen LogP contribution in [-0.2, 0) is 6.42 Å². The van der Waals surface area contributed by atoms with E-state index in [0.29, 0.717) is 12.6 Å². The fourth-order valence-corrected chi connectivity index (χ4v) is 3.33. The van der Waals surface area contributed by atoms with Crippen LogP contribution in [0.1, 0.15) is 36.2 Å². The lowest BCUT2D eigenvalue weighted by Gasteiger charge is -2.30. The van der Waals surface area contributed by atoms with Gasteiger partial charge in [0.25, 0.3) is 0 Å². The van der Waals surface area contributed by atoms with Gasteiger partial charge in [-0.2, -0.15) is 0 Å². The Morgan fingerprint density at radius 3 is 2.95 bits per heavy atom. The number of imidazole rings is 1. The second-order valence-corrected chi connectivity index (χ2v) is 5.78. The van der Waals surface area contributed by atoms with Crippen molar-refractivity contribution in [1.29, 1.82) is 0 Å². The summed E-state index contributed by atoms with van der Waals surface area (Å²) in [6.45, 7) is 1.68. The fourth-order valence-electron chi connectivity index (χ4n) is 3.33. The predicted octanol–water partition coefficient (Wildman–Crippen LogP) is 2.28. The van der Waals surface area contributed by atoms with Gasteiger partial charge in [0.1, 0.15) is 0 Å². The van der Waals surface area contributed by atoms with E-state index in [-0.39, 0.29) is 6.04 Å². The molecule has 2 N–H and O–H groups in total. The van der Waals surface area contributed by atoms with Crippen LogP contribution in [0.15, 0.2) is 36.8 Å². The molecule has 0 saturated heterocycles. The number of aromatic nitrogens is 2. The molecule has 1 unspecified atom stereocenters. The molecular formula is C16H20N4. The van der Waals surface area contributed by atoms with Crippen molar-refractivity contribution in [2.45, 2.75) is 31.3 Å². The molecule has 104 valence electrons. The summed E-state index contributed by atoms with van der Waals surface area (Å²) in [4.78, 5) is 6.81. The highest BCUT2D eigenvalue weighted by Gasteiger charge is 2.32. The topological polar surface area (TPSA) is 47.1 Å². The number of rotatable bonds is 4. The minimum Gasteiger partial charge on any atom is -0.361 e. The van der Waals surface area contributed by atoms with Crippen LogP contribution < -0.4 is 10.6 Å². The average molecular weight is 268 g/mol. The number of hydrogen-bond donors (Lipinski definition) is 1. The zero-order valence-electron chi connectivity index (χ0n) is 11.6. The van der Waals surface area contributed by atoms with E-state index in [4.69, 9.17) is 5.73 Å². The predicted molar refractivity (Wildman–Crippen MR) is 79.8 cm³/mol. The number of fused-ring (bicyclic) bond motifs is 1. The van der Waals surface area contributed by atoms with E-state index in [1.54, 1.807) is 0 Å². The molecule has 1 saturated carbocycles. The summed E-state index contributed by atoms with van der Waals surface area (Å²) >= 11 is 0. The lowest BCUT2D eigenvalue weighted by molar-refractivity contribution is 0.579. The molecule has 1 aliphatic carbocycles. The minimum atomic E-state index is 0.238. The zero-order chi connectivity index (χ0) is 13.5. The highest BCUT2D eigenvalue weighted by atomic mass is 15.2. The Morgan fingerprint density at radius 2 is 2.15 bits per heavy atom. The quantitative estimate of drug-likeness (QED) is 0.925. The third-order valence-electron chi connectivity index (χ3n) is 4.50. The molecule has 2 heterocycles. The molecule has 0 radical (unpaired) electrons. The van der Waals surface area contributed by atoms with Gasteiger partial charge in [-0.1, -0.05) is 18.2 Å². The van der Waals surface area contributed by atoms with Crippen LogP contribution >= 0.6 is 0 Å². The maximum atomic E-state index is 6.11. The first-order chi connectivity index (χ1) is 9.88. The smallest absolute Gasteiger partial charge is 0.0951 e. The first-order valence-electron chi connectivity index (χ1n) is 7.45. The molecule has 0 bridgehead atoms. The van der Waals surface area contributed by atoms with E-state index < -0.39 is 0 Å². The summed E-state index contributed by atoms with van der Waals surface area (Å²) in [6, 6.07) is 9.56. The fraction of sp³-hybridized carbons (Fsp3) is 0.438. The monoisotopic (exact) mass is 268 g/mol. The van der Waals surface area contributed by atoms with Crippen molar-refractivity contribution < 1.29 is 0 Å². The standard InChI is InChI=1S/C16H20N4/c17-9-15(16-10-18-11-20(16)13-5-6-13)19-8-7-12-3-1-2-4-14(12)19/h1-4,10-11,13,15H,5-9,17H2. The first kappa shape index (κ1) is 12.0. The van der Waals surface area contributed by atoms with Gasteiger partial charge < -0.3 is 15.2 Å². The van der Waals surface area contributed by atoms with Gasteiger partial charge in [0, 0.05) is 24.8 Å². The highest BCUT2D eigenvalue weighted by molar-refractivity contribution is 5.59. The summed E-state index contributed by atoms with van der Waals surface area (Å²) in [6.07, 6.45) is 7.63. The summed E-state index contributed by atoms with van der Waals surface area (Å²) in [5.74, 6) is 0. The van der Waals surface area contributed by atoms with Crippen molar-refractivity contribution in [2.24, 2.45) is 5.73 Å². The normalized spacial score (nSPS) is 19.1. The molecule has 1 aliphatic heterocycles. The van der Waals surface area contributed by atoms with Crippen LogP contribution in [0, 0.1) is 0 Å². The van der Waals surface area contributed by atoms with E-state index in [9.17, 15) is 0 Å². The molecule has 2 aliphatic rings. The third kappa shape index (κ3) is 1.83. The summed E-state index contributed by atoms with van der Waals surface area (Å²) in [5, 5.41) is 0. The van der Waals surface area contributed by atoms with Gasteiger partial charge in [0.15, 0.2) is 0 Å². The summed E-state index contributed by atoms with van der Waals surface area (Å²) < 4.78 is 2.33. The SMILES string of the molecule is NCC(c1cncn1C1CC1)N1CCc2ccccc21. The molecule has 4 nitrogen and oxygen atoms in total. The lowest BCUT2D eigenvalue weighted by atomic mass is 10.1. The summed E-state index contributed by atoms with van der Waals surface area (Å²) in [7, 11) is 0. The zero-order valence-corrected chi connectivity index (χ0v) is 11.6. The van der Waals surface area contributed by atoms with Crippen LogP contribution in [0.2, 0.25) is 0 Å². The number of nitrogens with zero attached hydrogens (tertiary/aromatic N) is 3. The molecule has 4 heteroatoms. The maximum absolute atomic E-state index is 6.11. The first-order valence-corrected chi connectivity index (χ1v) is 7.45. The van der Waals surface area contributed by atoms with Gasteiger partial charge in [-0.3, -0.25) is 0 Å². The number of hydrogen-bond acceptors (Lipinski definition) is 3. The molecule has 1 atom stereocenters. The largest absolute Gasteiger partial charge is 0.361 e. The maximum Gasteiger partial charge on any atom is 0.0951 e. The number of nitrogens with two attached hydrogens (primary N) is 1. The summed E-state index contributed by atoms with van der Waals surface area (Å²) in [5.41, 5.74) is 10.2. The van der Waals surface area contributed by atoms with Crippen molar-refractivity contribution >= 4 is 5.69 Å². The van der Waals surface area contributed by atoms with Crippen LogP contribution in [0.4, 0.5) is 5.69 Å². The Labute approximate surface area is 119 Å². The van der Waals surface area contributed by atoms with Gasteiger partial charge >= 0.3 is 0 Å². The minimum absolute atomic E-state index is 0.238. The van der Waals surface area contributed by atoms with Crippen LogP contribution in [0.3, 0.4) is 0 Å². The number of para-hydroxylation sites is 1. The Bertz CT molecular complexity index is 614. The molecule has 20 heavy (non-hydrogen) atoms. The van der Waals surface area contributed by atoms with Crippen LogP contribution in [-0.4, -0.2) is 22.6 Å². The van der Waals surface area contributed by atoms with E-state index >= 15 is 0 Å². The van der Waals surface area contributed by atoms with Gasteiger partial charge in [-0.25, -0.2) is 4.98 Å². The number of anilines is 1. The van der Waals surface area contributed by atoms with Crippen LogP contribution in [0.5, 0.6) is 0 Å². The van der Waals surface area contributed by atoms with Crippen LogP contribution in [0.25, 0.3) is 0 Å². The van der Waals surface area contributed by atoms with E-state index in [1.807, 2.05) is 12.5 Å². The second-order valence-electron chi connectivity index (χ2n) is 5.78. The van der Waals surface area contributed by atoms with Crippen molar-refractivity contribution in [2.75, 3.05) is 18.0 Å². The average Bonchev–Trinajstić information content (AvgIpc) is 3.07. The van der Waals surface area contributed by atoms with Crippen molar-refractivity contribution in [1.82, 2.24) is 9.55 Å². The molecule has 0 spiro atoms. The Hall–Kier alpha value is -1.81. The molecule has 1 aromatic heterocycles. The van der Waals surface area contributed by atoms with E-state index in [2.05, 4.69) is 38.7 Å². The molecule has 1 fully saturated rings.